The monoisotopic (exact) mass is 422 g/mol. The minimum Gasteiger partial charge on any atom is -0.311 e. The number of hydrogen-bond acceptors (Lipinski definition) is 3. The number of nitriles is 1. The van der Waals surface area contributed by atoms with E-state index in [0.29, 0.717) is 22.3 Å². The highest BCUT2D eigenvalue weighted by molar-refractivity contribution is 6.06. The standard InChI is InChI=1S/C23H17F3N4O/c1-29(19-8-2-15(13-27)3-9-19)22(31)17-10-11-30-21(12-17)20(14-28-30)16-4-6-18(7-5-16)23(24,25)26/h2-4,6-12,14,16H,5H2,1H3. The summed E-state index contributed by atoms with van der Waals surface area (Å²) in [4.78, 5) is 14.5. The number of anilines is 1. The topological polar surface area (TPSA) is 61.4 Å². The van der Waals surface area contributed by atoms with Crippen molar-refractivity contribution in [1.29, 1.82) is 5.26 Å². The van der Waals surface area contributed by atoms with Crippen molar-refractivity contribution < 1.29 is 18.0 Å². The first-order valence-corrected chi connectivity index (χ1v) is 9.49. The molecule has 8 heteroatoms. The second kappa shape index (κ2) is 7.76. The summed E-state index contributed by atoms with van der Waals surface area (Å²) in [6.07, 6.45) is 2.91. The minimum atomic E-state index is -4.36. The van der Waals surface area contributed by atoms with Crippen molar-refractivity contribution >= 4 is 17.1 Å². The van der Waals surface area contributed by atoms with Crippen LogP contribution in [0.25, 0.3) is 5.52 Å². The van der Waals surface area contributed by atoms with Gasteiger partial charge in [0.2, 0.25) is 0 Å². The number of amides is 1. The molecular formula is C23H17F3N4O. The van der Waals surface area contributed by atoms with E-state index >= 15 is 0 Å². The molecule has 1 aromatic carbocycles. The van der Waals surface area contributed by atoms with Gasteiger partial charge in [0, 0.05) is 36.0 Å². The van der Waals surface area contributed by atoms with E-state index in [1.807, 2.05) is 6.07 Å². The van der Waals surface area contributed by atoms with E-state index in [2.05, 4.69) is 5.10 Å². The Morgan fingerprint density at radius 2 is 2.00 bits per heavy atom. The summed E-state index contributed by atoms with van der Waals surface area (Å²) >= 11 is 0. The highest BCUT2D eigenvalue weighted by Crippen LogP contribution is 2.35. The molecule has 2 heterocycles. The highest BCUT2D eigenvalue weighted by Gasteiger charge is 2.33. The van der Waals surface area contributed by atoms with Crippen molar-refractivity contribution in [3.05, 3.63) is 89.3 Å². The van der Waals surface area contributed by atoms with E-state index in [1.165, 1.54) is 17.1 Å². The van der Waals surface area contributed by atoms with E-state index in [-0.39, 0.29) is 18.2 Å². The van der Waals surface area contributed by atoms with E-state index in [4.69, 9.17) is 5.26 Å². The van der Waals surface area contributed by atoms with Crippen molar-refractivity contribution in [2.45, 2.75) is 18.5 Å². The Kier molecular flexibility index (Phi) is 5.11. The normalized spacial score (nSPS) is 16.1. The third-order valence-corrected chi connectivity index (χ3v) is 5.31. The van der Waals surface area contributed by atoms with Crippen LogP contribution in [0, 0.1) is 11.3 Å². The van der Waals surface area contributed by atoms with Crippen molar-refractivity contribution in [3.8, 4) is 6.07 Å². The van der Waals surface area contributed by atoms with Gasteiger partial charge >= 0.3 is 6.18 Å². The first-order valence-electron chi connectivity index (χ1n) is 9.49. The summed E-state index contributed by atoms with van der Waals surface area (Å²) in [6, 6.07) is 12.0. The highest BCUT2D eigenvalue weighted by atomic mass is 19.4. The lowest BCUT2D eigenvalue weighted by Crippen LogP contribution is -2.26. The number of carbonyl (C=O) groups excluding carboxylic acids is 1. The molecule has 1 aliphatic rings. The van der Waals surface area contributed by atoms with Crippen LogP contribution in [0.1, 0.15) is 33.8 Å². The summed E-state index contributed by atoms with van der Waals surface area (Å²) in [7, 11) is 1.64. The Bertz CT molecular complexity index is 1250. The first kappa shape index (κ1) is 20.4. The molecule has 5 nitrogen and oxygen atoms in total. The van der Waals surface area contributed by atoms with Gasteiger partial charge in [0.15, 0.2) is 0 Å². The van der Waals surface area contributed by atoms with E-state index < -0.39 is 11.7 Å². The van der Waals surface area contributed by atoms with Crippen LogP contribution in [0.5, 0.6) is 0 Å². The molecule has 156 valence electrons. The number of halogens is 3. The van der Waals surface area contributed by atoms with Gasteiger partial charge in [-0.25, -0.2) is 4.52 Å². The maximum Gasteiger partial charge on any atom is 0.416 e. The van der Waals surface area contributed by atoms with Gasteiger partial charge in [-0.15, -0.1) is 0 Å². The van der Waals surface area contributed by atoms with Crippen LogP contribution >= 0.6 is 0 Å². The van der Waals surface area contributed by atoms with E-state index in [9.17, 15) is 18.0 Å². The van der Waals surface area contributed by atoms with Crippen molar-refractivity contribution in [1.82, 2.24) is 9.61 Å². The van der Waals surface area contributed by atoms with Crippen molar-refractivity contribution in [2.75, 3.05) is 11.9 Å². The van der Waals surface area contributed by atoms with Crippen LogP contribution in [-0.2, 0) is 0 Å². The Balaban J connectivity index is 1.61. The smallest absolute Gasteiger partial charge is 0.311 e. The number of benzene rings is 1. The molecule has 31 heavy (non-hydrogen) atoms. The predicted octanol–water partition coefficient (Wildman–Crippen LogP) is 5.01. The number of nitrogens with zero attached hydrogens (tertiary/aromatic N) is 4. The van der Waals surface area contributed by atoms with Gasteiger partial charge in [0.1, 0.15) is 0 Å². The average Bonchev–Trinajstić information content (AvgIpc) is 3.21. The number of carbonyl (C=O) groups is 1. The number of pyridine rings is 1. The van der Waals surface area contributed by atoms with Crippen molar-refractivity contribution in [3.63, 3.8) is 0 Å². The van der Waals surface area contributed by atoms with Crippen LogP contribution in [0.4, 0.5) is 18.9 Å². The fourth-order valence-electron chi connectivity index (χ4n) is 3.55. The van der Waals surface area contributed by atoms with Crippen LogP contribution in [0.15, 0.2) is 72.6 Å². The lowest BCUT2D eigenvalue weighted by atomic mass is 9.90. The van der Waals surface area contributed by atoms with Gasteiger partial charge in [0.05, 0.1) is 28.9 Å². The second-order valence-corrected chi connectivity index (χ2v) is 7.23. The summed E-state index contributed by atoms with van der Waals surface area (Å²) < 4.78 is 40.2. The quantitative estimate of drug-likeness (QED) is 0.596. The number of hydrogen-bond donors (Lipinski definition) is 0. The van der Waals surface area contributed by atoms with Gasteiger partial charge < -0.3 is 4.90 Å². The molecule has 0 radical (unpaired) electrons. The minimum absolute atomic E-state index is 0.204. The fourth-order valence-corrected chi connectivity index (χ4v) is 3.55. The molecule has 3 aromatic rings. The van der Waals surface area contributed by atoms with Crippen LogP contribution < -0.4 is 4.90 Å². The Labute approximate surface area is 176 Å². The molecule has 0 aliphatic heterocycles. The zero-order valence-electron chi connectivity index (χ0n) is 16.5. The molecule has 0 saturated heterocycles. The first-order chi connectivity index (χ1) is 14.8. The molecule has 1 amide bonds. The molecule has 1 unspecified atom stereocenters. The SMILES string of the molecule is CN(C(=O)c1ccn2ncc(C3C=CC(C(F)(F)F)=CC3)c2c1)c1ccc(C#N)cc1. The zero-order valence-corrected chi connectivity index (χ0v) is 16.5. The molecule has 0 spiro atoms. The number of alkyl halides is 3. The molecular weight excluding hydrogens is 405 g/mol. The fraction of sp³-hybridized carbons (Fsp3) is 0.174. The van der Waals surface area contributed by atoms with Crippen molar-refractivity contribution in [2.24, 2.45) is 0 Å². The lowest BCUT2D eigenvalue weighted by molar-refractivity contribution is -0.0886. The Hall–Kier alpha value is -3.86. The maximum absolute atomic E-state index is 13.0. The number of aromatic nitrogens is 2. The Morgan fingerprint density at radius 1 is 1.26 bits per heavy atom. The number of fused-ring (bicyclic) bond motifs is 1. The van der Waals surface area contributed by atoms with Gasteiger partial charge in [-0.1, -0.05) is 18.2 Å². The third kappa shape index (κ3) is 3.94. The zero-order chi connectivity index (χ0) is 22.2. The Morgan fingerprint density at radius 3 is 2.61 bits per heavy atom. The molecule has 1 aliphatic carbocycles. The summed E-state index contributed by atoms with van der Waals surface area (Å²) in [5, 5.41) is 13.2. The summed E-state index contributed by atoms with van der Waals surface area (Å²) in [5.41, 5.74) is 2.32. The number of rotatable bonds is 3. The predicted molar refractivity (Wildman–Crippen MR) is 110 cm³/mol. The average molecular weight is 422 g/mol. The number of allylic oxidation sites excluding steroid dienone is 4. The maximum atomic E-state index is 13.0. The third-order valence-electron chi connectivity index (χ3n) is 5.31. The van der Waals surface area contributed by atoms with E-state index in [1.54, 1.807) is 60.4 Å². The molecule has 0 fully saturated rings. The molecule has 0 saturated carbocycles. The molecule has 0 bridgehead atoms. The van der Waals surface area contributed by atoms with Gasteiger partial charge in [0.25, 0.3) is 5.91 Å². The van der Waals surface area contributed by atoms with Crippen LogP contribution in [0.3, 0.4) is 0 Å². The molecule has 2 aromatic heterocycles. The lowest BCUT2D eigenvalue weighted by Gasteiger charge is -2.18. The van der Waals surface area contributed by atoms with E-state index in [0.717, 1.165) is 11.6 Å². The second-order valence-electron chi connectivity index (χ2n) is 7.23. The molecule has 0 N–H and O–H groups in total. The van der Waals surface area contributed by atoms with Crippen LogP contribution in [-0.4, -0.2) is 28.7 Å². The summed E-state index contributed by atoms with van der Waals surface area (Å²) in [5.74, 6) is -0.511. The molecule has 4 rings (SSSR count). The van der Waals surface area contributed by atoms with Gasteiger partial charge in [-0.2, -0.15) is 23.5 Å². The van der Waals surface area contributed by atoms with Gasteiger partial charge in [-0.3, -0.25) is 4.79 Å². The largest absolute Gasteiger partial charge is 0.416 e. The summed E-state index contributed by atoms with van der Waals surface area (Å²) in [6.45, 7) is 0. The molecule has 1 atom stereocenters. The van der Waals surface area contributed by atoms with Crippen LogP contribution in [0.2, 0.25) is 0 Å². The van der Waals surface area contributed by atoms with Gasteiger partial charge in [-0.05, 0) is 42.8 Å².